The van der Waals surface area contributed by atoms with Gasteiger partial charge >= 0.3 is 0 Å². The van der Waals surface area contributed by atoms with E-state index >= 15 is 0 Å². The zero-order valence-corrected chi connectivity index (χ0v) is 15.9. The van der Waals surface area contributed by atoms with Gasteiger partial charge in [-0.1, -0.05) is 11.8 Å². The molecule has 2 fully saturated rings. The number of aliphatic hydroxyl groups is 1. The highest BCUT2D eigenvalue weighted by Crippen LogP contribution is 2.29. The van der Waals surface area contributed by atoms with Gasteiger partial charge in [-0.2, -0.15) is 0 Å². The molecule has 2 heterocycles. The van der Waals surface area contributed by atoms with Crippen molar-refractivity contribution in [3.63, 3.8) is 0 Å². The lowest BCUT2D eigenvalue weighted by molar-refractivity contribution is -0.384. The number of nitrogens with zero attached hydrogens (tertiary/aromatic N) is 4. The number of hydrogen-bond acceptors (Lipinski definition) is 6. The molecular formula is C20H28N4O3. The Bertz CT molecular complexity index is 712. The van der Waals surface area contributed by atoms with Crippen molar-refractivity contribution >= 4 is 11.4 Å². The molecule has 146 valence electrons. The fourth-order valence-electron chi connectivity index (χ4n) is 3.89. The largest absolute Gasteiger partial charge is 0.395 e. The van der Waals surface area contributed by atoms with Crippen LogP contribution < -0.4 is 4.90 Å². The van der Waals surface area contributed by atoms with Crippen LogP contribution >= 0.6 is 0 Å². The molecule has 7 heteroatoms. The maximum absolute atomic E-state index is 11.1. The van der Waals surface area contributed by atoms with Gasteiger partial charge in [0.15, 0.2) is 0 Å². The molecule has 0 atom stereocenters. The Balaban J connectivity index is 1.69. The Morgan fingerprint density at radius 2 is 1.89 bits per heavy atom. The van der Waals surface area contributed by atoms with E-state index in [0.29, 0.717) is 18.0 Å². The van der Waals surface area contributed by atoms with E-state index < -0.39 is 0 Å². The van der Waals surface area contributed by atoms with Crippen molar-refractivity contribution in [2.45, 2.75) is 25.3 Å². The van der Waals surface area contributed by atoms with Crippen LogP contribution in [0.2, 0.25) is 0 Å². The minimum atomic E-state index is -0.388. The predicted molar refractivity (Wildman–Crippen MR) is 106 cm³/mol. The topological polar surface area (TPSA) is 73.1 Å². The monoisotopic (exact) mass is 372 g/mol. The van der Waals surface area contributed by atoms with Crippen molar-refractivity contribution in [3.05, 3.63) is 33.9 Å². The molecule has 2 aliphatic rings. The van der Waals surface area contributed by atoms with Crippen LogP contribution in [0.15, 0.2) is 18.2 Å². The first kappa shape index (κ1) is 19.6. The van der Waals surface area contributed by atoms with Gasteiger partial charge in [0.05, 0.1) is 22.8 Å². The predicted octanol–water partition coefficient (Wildman–Crippen LogP) is 1.54. The third kappa shape index (κ3) is 4.98. The summed E-state index contributed by atoms with van der Waals surface area (Å²) in [6.45, 7) is 6.40. The Morgan fingerprint density at radius 3 is 2.52 bits per heavy atom. The fourth-order valence-corrected chi connectivity index (χ4v) is 3.89. The highest BCUT2D eigenvalue weighted by atomic mass is 16.6. The molecule has 1 N–H and O–H groups in total. The first-order valence-corrected chi connectivity index (χ1v) is 9.64. The summed E-state index contributed by atoms with van der Waals surface area (Å²) in [4.78, 5) is 18.0. The summed E-state index contributed by atoms with van der Waals surface area (Å²) in [5, 5.41) is 20.1. The SMILES string of the molecule is CN1CCN(C2CCN(c3ccc([N+](=O)[O-])cc3C#CCCO)CC2)CC1. The van der Waals surface area contributed by atoms with Gasteiger partial charge < -0.3 is 14.9 Å². The maximum atomic E-state index is 11.1. The van der Waals surface area contributed by atoms with Crippen LogP contribution in [0.4, 0.5) is 11.4 Å². The van der Waals surface area contributed by atoms with E-state index in [1.807, 2.05) is 6.07 Å². The van der Waals surface area contributed by atoms with E-state index in [-0.39, 0.29) is 17.2 Å². The number of nitro groups is 1. The molecule has 1 aromatic carbocycles. The van der Waals surface area contributed by atoms with Crippen molar-refractivity contribution in [2.75, 3.05) is 57.8 Å². The highest BCUT2D eigenvalue weighted by molar-refractivity contribution is 5.64. The molecule has 7 nitrogen and oxygen atoms in total. The summed E-state index contributed by atoms with van der Waals surface area (Å²) in [7, 11) is 2.17. The molecule has 0 amide bonds. The van der Waals surface area contributed by atoms with Crippen LogP contribution in [0.25, 0.3) is 0 Å². The number of piperazine rings is 1. The average Bonchev–Trinajstić information content (AvgIpc) is 2.69. The van der Waals surface area contributed by atoms with Crippen LogP contribution in [0.3, 0.4) is 0 Å². The third-order valence-corrected chi connectivity index (χ3v) is 5.51. The highest BCUT2D eigenvalue weighted by Gasteiger charge is 2.27. The minimum Gasteiger partial charge on any atom is -0.395 e. The molecule has 2 aliphatic heterocycles. The molecule has 27 heavy (non-hydrogen) atoms. The van der Waals surface area contributed by atoms with E-state index in [2.05, 4.69) is 33.6 Å². The lowest BCUT2D eigenvalue weighted by Crippen LogP contribution is -2.52. The van der Waals surface area contributed by atoms with Gasteiger partial charge in [-0.15, -0.1) is 0 Å². The van der Waals surface area contributed by atoms with Crippen molar-refractivity contribution in [3.8, 4) is 11.8 Å². The summed E-state index contributed by atoms with van der Waals surface area (Å²) in [5.41, 5.74) is 1.69. The quantitative estimate of drug-likeness (QED) is 0.491. The fraction of sp³-hybridized carbons (Fsp3) is 0.600. The van der Waals surface area contributed by atoms with Crippen molar-refractivity contribution in [1.29, 1.82) is 0 Å². The molecule has 1 aromatic rings. The third-order valence-electron chi connectivity index (χ3n) is 5.51. The van der Waals surface area contributed by atoms with E-state index in [1.165, 1.54) is 0 Å². The molecule has 0 aromatic heterocycles. The average molecular weight is 372 g/mol. The first-order chi connectivity index (χ1) is 13.1. The lowest BCUT2D eigenvalue weighted by atomic mass is 10.0. The van der Waals surface area contributed by atoms with Gasteiger partial charge in [-0.25, -0.2) is 0 Å². The van der Waals surface area contributed by atoms with Crippen LogP contribution in [0.1, 0.15) is 24.8 Å². The molecule has 0 radical (unpaired) electrons. The Kier molecular flexibility index (Phi) is 6.67. The molecule has 0 spiro atoms. The van der Waals surface area contributed by atoms with Crippen LogP contribution in [0.5, 0.6) is 0 Å². The number of hydrogen-bond donors (Lipinski definition) is 1. The van der Waals surface area contributed by atoms with Gasteiger partial charge in [0.2, 0.25) is 0 Å². The van der Waals surface area contributed by atoms with Gasteiger partial charge in [0, 0.05) is 63.9 Å². The summed E-state index contributed by atoms with van der Waals surface area (Å²) in [6, 6.07) is 5.54. The zero-order valence-electron chi connectivity index (χ0n) is 15.9. The summed E-state index contributed by atoms with van der Waals surface area (Å²) in [5.74, 6) is 5.91. The molecule has 0 aliphatic carbocycles. The molecule has 0 unspecified atom stereocenters. The zero-order chi connectivity index (χ0) is 19.2. The Hall–Kier alpha value is -2.14. The van der Waals surface area contributed by atoms with E-state index in [0.717, 1.165) is 57.8 Å². The number of nitro benzene ring substituents is 1. The summed E-state index contributed by atoms with van der Waals surface area (Å²) in [6.07, 6.45) is 2.57. The molecule has 0 saturated carbocycles. The van der Waals surface area contributed by atoms with Crippen molar-refractivity contribution in [1.82, 2.24) is 9.80 Å². The number of aliphatic hydroxyl groups excluding tert-OH is 1. The van der Waals surface area contributed by atoms with Gasteiger partial charge in [0.25, 0.3) is 5.69 Å². The van der Waals surface area contributed by atoms with E-state index in [1.54, 1.807) is 12.1 Å². The van der Waals surface area contributed by atoms with Crippen LogP contribution in [-0.2, 0) is 0 Å². The van der Waals surface area contributed by atoms with Gasteiger partial charge in [0.1, 0.15) is 0 Å². The molecule has 3 rings (SSSR count). The van der Waals surface area contributed by atoms with Gasteiger partial charge in [-0.3, -0.25) is 15.0 Å². The van der Waals surface area contributed by atoms with E-state index in [4.69, 9.17) is 5.11 Å². The number of non-ortho nitro benzene ring substituents is 1. The minimum absolute atomic E-state index is 0.00627. The summed E-state index contributed by atoms with van der Waals surface area (Å²) >= 11 is 0. The van der Waals surface area contributed by atoms with E-state index in [9.17, 15) is 10.1 Å². The number of likely N-dealkylation sites (N-methyl/N-ethyl adjacent to an activating group) is 1. The Labute approximate surface area is 160 Å². The second kappa shape index (κ2) is 9.18. The molecular weight excluding hydrogens is 344 g/mol. The van der Waals surface area contributed by atoms with Gasteiger partial charge in [-0.05, 0) is 26.0 Å². The number of benzene rings is 1. The van der Waals surface area contributed by atoms with Crippen LogP contribution in [0, 0.1) is 22.0 Å². The number of piperidine rings is 1. The normalized spacial score (nSPS) is 19.6. The number of anilines is 1. The van der Waals surface area contributed by atoms with Crippen molar-refractivity contribution < 1.29 is 10.0 Å². The molecule has 0 bridgehead atoms. The van der Waals surface area contributed by atoms with Crippen molar-refractivity contribution in [2.24, 2.45) is 0 Å². The number of rotatable bonds is 4. The van der Waals surface area contributed by atoms with Crippen LogP contribution in [-0.4, -0.2) is 78.8 Å². The lowest BCUT2D eigenvalue weighted by Gasteiger charge is -2.42. The first-order valence-electron chi connectivity index (χ1n) is 9.64. The standard InChI is InChI=1S/C20H28N4O3/c1-21-11-13-22(14-12-21)18-7-9-23(10-8-18)20-6-5-19(24(26)27)16-17(20)4-2-3-15-25/h5-6,16,18,25H,3,7-15H2,1H3. The smallest absolute Gasteiger partial charge is 0.270 e. The molecule has 2 saturated heterocycles. The second-order valence-corrected chi connectivity index (χ2v) is 7.29. The second-order valence-electron chi connectivity index (χ2n) is 7.29. The summed E-state index contributed by atoms with van der Waals surface area (Å²) < 4.78 is 0. The Morgan fingerprint density at radius 1 is 1.19 bits per heavy atom. The maximum Gasteiger partial charge on any atom is 0.270 e.